The molecule has 0 unspecified atom stereocenters. The third kappa shape index (κ3) is 3.35. The molecule has 6 heteroatoms. The number of amides is 1. The lowest BCUT2D eigenvalue weighted by Crippen LogP contribution is -2.38. The molecular weight excluding hydrogens is 328 g/mol. The van der Waals surface area contributed by atoms with Gasteiger partial charge in [0.05, 0.1) is 18.2 Å². The molecule has 0 radical (unpaired) electrons. The van der Waals surface area contributed by atoms with E-state index in [0.717, 1.165) is 23.2 Å². The molecule has 0 spiro atoms. The summed E-state index contributed by atoms with van der Waals surface area (Å²) in [6.45, 7) is 3.11. The van der Waals surface area contributed by atoms with Gasteiger partial charge >= 0.3 is 0 Å². The van der Waals surface area contributed by atoms with Gasteiger partial charge < -0.3 is 9.42 Å². The highest BCUT2D eigenvalue weighted by Gasteiger charge is 2.30. The summed E-state index contributed by atoms with van der Waals surface area (Å²) in [6, 6.07) is 13.7. The summed E-state index contributed by atoms with van der Waals surface area (Å²) in [4.78, 5) is 23.0. The van der Waals surface area contributed by atoms with Crippen molar-refractivity contribution in [3.63, 3.8) is 0 Å². The standard InChI is InChI=1S/C20H20N4O2/c1-14-6-2-3-8-17(14)19-22-20(26-23-19)15-9-10-18(25)24(12-15)13-16-7-4-5-11-21-16/h2-8,11,15H,9-10,12-13H2,1H3/t15-/m0/s1. The first-order chi connectivity index (χ1) is 12.7. The quantitative estimate of drug-likeness (QED) is 0.723. The van der Waals surface area contributed by atoms with Crippen LogP contribution in [0, 0.1) is 6.92 Å². The number of nitrogens with zero attached hydrogens (tertiary/aromatic N) is 4. The van der Waals surface area contributed by atoms with E-state index in [1.54, 1.807) is 6.20 Å². The Hall–Kier alpha value is -3.02. The minimum Gasteiger partial charge on any atom is -0.339 e. The van der Waals surface area contributed by atoms with Crippen LogP contribution in [-0.4, -0.2) is 32.5 Å². The third-order valence-electron chi connectivity index (χ3n) is 4.76. The van der Waals surface area contributed by atoms with Crippen LogP contribution < -0.4 is 0 Å². The molecular formula is C20H20N4O2. The van der Waals surface area contributed by atoms with Crippen LogP contribution in [0.15, 0.2) is 53.2 Å². The summed E-state index contributed by atoms with van der Waals surface area (Å²) in [5, 5.41) is 4.15. The second kappa shape index (κ2) is 7.07. The lowest BCUT2D eigenvalue weighted by Gasteiger charge is -2.30. The Balaban J connectivity index is 1.51. The maximum absolute atomic E-state index is 12.3. The van der Waals surface area contributed by atoms with Crippen molar-refractivity contribution in [3.8, 4) is 11.4 Å². The highest BCUT2D eigenvalue weighted by atomic mass is 16.5. The molecule has 0 bridgehead atoms. The topological polar surface area (TPSA) is 72.1 Å². The minimum absolute atomic E-state index is 0.0571. The van der Waals surface area contributed by atoms with E-state index in [0.29, 0.717) is 31.2 Å². The maximum Gasteiger partial charge on any atom is 0.231 e. The number of piperidine rings is 1. The van der Waals surface area contributed by atoms with Crippen LogP contribution in [0.4, 0.5) is 0 Å². The molecule has 1 aromatic carbocycles. The summed E-state index contributed by atoms with van der Waals surface area (Å²) in [5.74, 6) is 1.40. The zero-order valence-electron chi connectivity index (χ0n) is 14.6. The van der Waals surface area contributed by atoms with Crippen LogP contribution in [-0.2, 0) is 11.3 Å². The van der Waals surface area contributed by atoms with Crippen molar-refractivity contribution in [2.24, 2.45) is 0 Å². The molecule has 3 aromatic rings. The lowest BCUT2D eigenvalue weighted by atomic mass is 9.97. The van der Waals surface area contributed by atoms with Crippen molar-refractivity contribution in [2.45, 2.75) is 32.2 Å². The Morgan fingerprint density at radius 1 is 1.19 bits per heavy atom. The fraction of sp³-hybridized carbons (Fsp3) is 0.300. The van der Waals surface area contributed by atoms with Gasteiger partial charge in [-0.1, -0.05) is 35.5 Å². The van der Waals surface area contributed by atoms with Gasteiger partial charge in [0, 0.05) is 24.7 Å². The van der Waals surface area contributed by atoms with Crippen LogP contribution in [0.2, 0.25) is 0 Å². The number of rotatable bonds is 4. The molecule has 4 rings (SSSR count). The largest absolute Gasteiger partial charge is 0.339 e. The summed E-state index contributed by atoms with van der Waals surface area (Å²) >= 11 is 0. The Morgan fingerprint density at radius 2 is 2.04 bits per heavy atom. The first-order valence-electron chi connectivity index (χ1n) is 8.78. The van der Waals surface area contributed by atoms with E-state index in [9.17, 15) is 4.79 Å². The third-order valence-corrected chi connectivity index (χ3v) is 4.76. The molecule has 1 atom stereocenters. The van der Waals surface area contributed by atoms with Gasteiger partial charge in [0.1, 0.15) is 0 Å². The van der Waals surface area contributed by atoms with Crippen LogP contribution in [0.1, 0.15) is 35.9 Å². The summed E-state index contributed by atoms with van der Waals surface area (Å²) in [5.41, 5.74) is 2.96. The first kappa shape index (κ1) is 16.4. The average molecular weight is 348 g/mol. The van der Waals surface area contributed by atoms with Gasteiger partial charge in [-0.05, 0) is 31.0 Å². The second-order valence-corrected chi connectivity index (χ2v) is 6.60. The molecule has 6 nitrogen and oxygen atoms in total. The van der Waals surface area contributed by atoms with Crippen molar-refractivity contribution in [1.29, 1.82) is 0 Å². The maximum atomic E-state index is 12.3. The minimum atomic E-state index is 0.0571. The predicted octanol–water partition coefficient (Wildman–Crippen LogP) is 3.35. The fourth-order valence-corrected chi connectivity index (χ4v) is 3.29. The van der Waals surface area contributed by atoms with E-state index in [4.69, 9.17) is 4.52 Å². The van der Waals surface area contributed by atoms with Gasteiger partial charge in [-0.25, -0.2) is 0 Å². The van der Waals surface area contributed by atoms with E-state index >= 15 is 0 Å². The normalized spacial score (nSPS) is 17.5. The molecule has 2 aromatic heterocycles. The molecule has 3 heterocycles. The van der Waals surface area contributed by atoms with Gasteiger partial charge in [-0.3, -0.25) is 9.78 Å². The van der Waals surface area contributed by atoms with E-state index < -0.39 is 0 Å². The molecule has 0 aliphatic carbocycles. The number of hydrogen-bond acceptors (Lipinski definition) is 5. The van der Waals surface area contributed by atoms with E-state index in [-0.39, 0.29) is 11.8 Å². The van der Waals surface area contributed by atoms with E-state index in [2.05, 4.69) is 15.1 Å². The number of hydrogen-bond donors (Lipinski definition) is 0. The van der Waals surface area contributed by atoms with Crippen molar-refractivity contribution in [1.82, 2.24) is 20.0 Å². The Morgan fingerprint density at radius 3 is 2.85 bits per heavy atom. The molecule has 132 valence electrons. The number of benzene rings is 1. The van der Waals surface area contributed by atoms with Gasteiger partial charge in [-0.15, -0.1) is 0 Å². The zero-order valence-corrected chi connectivity index (χ0v) is 14.6. The Labute approximate surface area is 151 Å². The van der Waals surface area contributed by atoms with Gasteiger partial charge in [0.2, 0.25) is 17.6 Å². The van der Waals surface area contributed by atoms with Gasteiger partial charge in [0.25, 0.3) is 0 Å². The number of carbonyl (C=O) groups excluding carboxylic acids is 1. The molecule has 1 fully saturated rings. The summed E-state index contributed by atoms with van der Waals surface area (Å²) in [7, 11) is 0. The predicted molar refractivity (Wildman–Crippen MR) is 96.1 cm³/mol. The van der Waals surface area contributed by atoms with Crippen LogP contribution in [0.3, 0.4) is 0 Å². The molecule has 1 amide bonds. The zero-order chi connectivity index (χ0) is 17.9. The summed E-state index contributed by atoms with van der Waals surface area (Å²) < 4.78 is 5.53. The van der Waals surface area contributed by atoms with Crippen molar-refractivity contribution >= 4 is 5.91 Å². The highest BCUT2D eigenvalue weighted by molar-refractivity contribution is 5.77. The van der Waals surface area contributed by atoms with Crippen LogP contribution in [0.5, 0.6) is 0 Å². The molecule has 0 N–H and O–H groups in total. The van der Waals surface area contributed by atoms with Gasteiger partial charge in [0.15, 0.2) is 0 Å². The van der Waals surface area contributed by atoms with Crippen molar-refractivity contribution in [2.75, 3.05) is 6.54 Å². The molecule has 26 heavy (non-hydrogen) atoms. The van der Waals surface area contributed by atoms with Crippen molar-refractivity contribution < 1.29 is 9.32 Å². The number of aryl methyl sites for hydroxylation is 1. The lowest BCUT2D eigenvalue weighted by molar-refractivity contribution is -0.134. The van der Waals surface area contributed by atoms with E-state index in [1.807, 2.05) is 54.3 Å². The highest BCUT2D eigenvalue weighted by Crippen LogP contribution is 2.29. The number of carbonyl (C=O) groups is 1. The van der Waals surface area contributed by atoms with Crippen LogP contribution in [0.25, 0.3) is 11.4 Å². The second-order valence-electron chi connectivity index (χ2n) is 6.60. The Bertz CT molecular complexity index is 907. The van der Waals surface area contributed by atoms with E-state index in [1.165, 1.54) is 0 Å². The monoisotopic (exact) mass is 348 g/mol. The van der Waals surface area contributed by atoms with Crippen molar-refractivity contribution in [3.05, 3.63) is 65.8 Å². The average Bonchev–Trinajstić information content (AvgIpc) is 3.15. The smallest absolute Gasteiger partial charge is 0.231 e. The molecule has 1 aliphatic rings. The Kier molecular flexibility index (Phi) is 4.48. The van der Waals surface area contributed by atoms with Crippen LogP contribution >= 0.6 is 0 Å². The van der Waals surface area contributed by atoms with Gasteiger partial charge in [-0.2, -0.15) is 4.98 Å². The SMILES string of the molecule is Cc1ccccc1-c1noc([C@H]2CCC(=O)N(Cc3ccccn3)C2)n1. The first-order valence-corrected chi connectivity index (χ1v) is 8.78. The molecule has 0 saturated carbocycles. The fourth-order valence-electron chi connectivity index (χ4n) is 3.29. The molecule has 1 aliphatic heterocycles. The number of pyridine rings is 1. The number of aromatic nitrogens is 3. The summed E-state index contributed by atoms with van der Waals surface area (Å²) in [6.07, 6.45) is 2.96. The molecule has 1 saturated heterocycles. The number of likely N-dealkylation sites (tertiary alicyclic amines) is 1.